The molecule has 1 saturated carbocycles. The van der Waals surface area contributed by atoms with Crippen molar-refractivity contribution in [3.05, 3.63) is 0 Å². The zero-order valence-corrected chi connectivity index (χ0v) is 6.25. The van der Waals surface area contributed by atoms with E-state index in [1.165, 1.54) is 19.3 Å². The molecule has 58 valence electrons. The Kier molecular flexibility index (Phi) is 1.66. The monoisotopic (exact) mass is 141 g/mol. The molecule has 10 heavy (non-hydrogen) atoms. The van der Waals surface area contributed by atoms with Gasteiger partial charge in [0.25, 0.3) is 0 Å². The Morgan fingerprint density at radius 2 is 2.20 bits per heavy atom. The first kappa shape index (κ1) is 6.62. The van der Waals surface area contributed by atoms with Crippen molar-refractivity contribution in [1.82, 2.24) is 0 Å². The Bertz CT molecular complexity index is 120. The normalized spacial score (nSPS) is 47.1. The van der Waals surface area contributed by atoms with Crippen LogP contribution >= 0.6 is 0 Å². The summed E-state index contributed by atoms with van der Waals surface area (Å²) in [5, 5.41) is 0. The molecule has 0 spiro atoms. The highest BCUT2D eigenvalue weighted by Crippen LogP contribution is 2.39. The third-order valence-electron chi connectivity index (χ3n) is 2.69. The van der Waals surface area contributed by atoms with Gasteiger partial charge in [0.1, 0.15) is 0 Å². The molecule has 1 heterocycles. The predicted molar refractivity (Wildman–Crippen MR) is 39.6 cm³/mol. The fraction of sp³-hybridized carbons (Fsp3) is 1.00. The molecular formula is C8H15NO. The highest BCUT2D eigenvalue weighted by atomic mass is 16.5. The van der Waals surface area contributed by atoms with Crippen molar-refractivity contribution in [3.8, 4) is 0 Å². The van der Waals surface area contributed by atoms with Gasteiger partial charge in [0.15, 0.2) is 0 Å². The number of ether oxygens (including phenoxy) is 1. The van der Waals surface area contributed by atoms with Gasteiger partial charge in [-0.15, -0.1) is 0 Å². The Labute approximate surface area is 61.7 Å². The van der Waals surface area contributed by atoms with E-state index in [0.29, 0.717) is 6.04 Å². The van der Waals surface area contributed by atoms with Crippen molar-refractivity contribution >= 4 is 0 Å². The van der Waals surface area contributed by atoms with E-state index < -0.39 is 0 Å². The van der Waals surface area contributed by atoms with Gasteiger partial charge < -0.3 is 10.5 Å². The number of hydrogen-bond acceptors (Lipinski definition) is 2. The van der Waals surface area contributed by atoms with E-state index in [1.54, 1.807) is 0 Å². The van der Waals surface area contributed by atoms with E-state index in [9.17, 15) is 0 Å². The molecule has 2 aliphatic rings. The zero-order chi connectivity index (χ0) is 6.97. The smallest absolute Gasteiger partial charge is 0.0497 e. The molecule has 2 N–H and O–H groups in total. The quantitative estimate of drug-likeness (QED) is 0.585. The SMILES string of the molecule is N[C@@H]1C[C@H]1C1CCCOC1. The van der Waals surface area contributed by atoms with Crippen LogP contribution in [-0.2, 0) is 4.74 Å². The highest BCUT2D eigenvalue weighted by molar-refractivity contribution is 4.95. The maximum absolute atomic E-state index is 5.74. The Hall–Kier alpha value is -0.0800. The van der Waals surface area contributed by atoms with E-state index in [4.69, 9.17) is 10.5 Å². The van der Waals surface area contributed by atoms with E-state index in [0.717, 1.165) is 25.0 Å². The average Bonchev–Trinajstić information content (AvgIpc) is 2.69. The minimum Gasteiger partial charge on any atom is -0.381 e. The molecule has 2 nitrogen and oxygen atoms in total. The van der Waals surface area contributed by atoms with Crippen LogP contribution in [0.1, 0.15) is 19.3 Å². The van der Waals surface area contributed by atoms with E-state index in [2.05, 4.69) is 0 Å². The lowest BCUT2D eigenvalue weighted by Crippen LogP contribution is -2.21. The van der Waals surface area contributed by atoms with Gasteiger partial charge in [-0.2, -0.15) is 0 Å². The van der Waals surface area contributed by atoms with Gasteiger partial charge >= 0.3 is 0 Å². The number of nitrogens with two attached hydrogens (primary N) is 1. The average molecular weight is 141 g/mol. The van der Waals surface area contributed by atoms with Gasteiger partial charge in [0, 0.05) is 19.3 Å². The maximum atomic E-state index is 5.74. The van der Waals surface area contributed by atoms with Crippen LogP contribution in [0.5, 0.6) is 0 Å². The third kappa shape index (κ3) is 1.18. The summed E-state index contributed by atoms with van der Waals surface area (Å²) in [5.41, 5.74) is 5.74. The molecule has 1 unspecified atom stereocenters. The van der Waals surface area contributed by atoms with Crippen LogP contribution in [0, 0.1) is 11.8 Å². The Morgan fingerprint density at radius 1 is 1.40 bits per heavy atom. The molecule has 0 aromatic heterocycles. The first-order valence-corrected chi connectivity index (χ1v) is 4.21. The van der Waals surface area contributed by atoms with Crippen LogP contribution in [-0.4, -0.2) is 19.3 Å². The topological polar surface area (TPSA) is 35.2 Å². The fourth-order valence-electron chi connectivity index (χ4n) is 1.88. The van der Waals surface area contributed by atoms with Crippen LogP contribution in [0.4, 0.5) is 0 Å². The molecule has 2 rings (SSSR count). The maximum Gasteiger partial charge on any atom is 0.0497 e. The molecule has 1 aliphatic heterocycles. The lowest BCUT2D eigenvalue weighted by molar-refractivity contribution is 0.0459. The summed E-state index contributed by atoms with van der Waals surface area (Å²) < 4.78 is 5.38. The molecular weight excluding hydrogens is 126 g/mol. The molecule has 0 amide bonds. The predicted octanol–water partition coefficient (Wildman–Crippen LogP) is 0.760. The highest BCUT2D eigenvalue weighted by Gasteiger charge is 2.40. The van der Waals surface area contributed by atoms with Gasteiger partial charge in [0.05, 0.1) is 0 Å². The minimum atomic E-state index is 0.506. The van der Waals surface area contributed by atoms with Gasteiger partial charge in [0.2, 0.25) is 0 Å². The largest absolute Gasteiger partial charge is 0.381 e. The molecule has 0 radical (unpaired) electrons. The second-order valence-corrected chi connectivity index (χ2v) is 3.54. The van der Waals surface area contributed by atoms with Gasteiger partial charge in [-0.05, 0) is 31.1 Å². The first-order valence-electron chi connectivity index (χ1n) is 4.21. The van der Waals surface area contributed by atoms with Crippen LogP contribution in [0.2, 0.25) is 0 Å². The molecule has 2 heteroatoms. The molecule has 1 aliphatic carbocycles. The second kappa shape index (κ2) is 2.51. The third-order valence-corrected chi connectivity index (χ3v) is 2.69. The minimum absolute atomic E-state index is 0.506. The van der Waals surface area contributed by atoms with Crippen molar-refractivity contribution in [2.24, 2.45) is 17.6 Å². The standard InChI is InChI=1S/C8H15NO/c9-8-4-7(8)6-2-1-3-10-5-6/h6-8H,1-5,9H2/t6?,7-,8+/m0/s1. The summed E-state index contributed by atoms with van der Waals surface area (Å²) in [6.07, 6.45) is 3.83. The van der Waals surface area contributed by atoms with Crippen LogP contribution in [0.15, 0.2) is 0 Å². The van der Waals surface area contributed by atoms with Gasteiger partial charge in [-0.1, -0.05) is 0 Å². The van der Waals surface area contributed by atoms with Crippen molar-refractivity contribution in [1.29, 1.82) is 0 Å². The molecule has 0 aromatic rings. The molecule has 0 bridgehead atoms. The summed E-state index contributed by atoms with van der Waals surface area (Å²) in [6, 6.07) is 0.506. The molecule has 3 atom stereocenters. The summed E-state index contributed by atoms with van der Waals surface area (Å²) in [7, 11) is 0. The van der Waals surface area contributed by atoms with Crippen molar-refractivity contribution in [2.75, 3.05) is 13.2 Å². The summed E-state index contributed by atoms with van der Waals surface area (Å²) in [5.74, 6) is 1.60. The summed E-state index contributed by atoms with van der Waals surface area (Å²) >= 11 is 0. The number of hydrogen-bond donors (Lipinski definition) is 1. The van der Waals surface area contributed by atoms with Crippen LogP contribution in [0.3, 0.4) is 0 Å². The lowest BCUT2D eigenvalue weighted by atomic mass is 9.97. The number of rotatable bonds is 1. The lowest BCUT2D eigenvalue weighted by Gasteiger charge is -2.21. The fourth-order valence-corrected chi connectivity index (χ4v) is 1.88. The molecule has 2 fully saturated rings. The summed E-state index contributed by atoms with van der Waals surface area (Å²) in [6.45, 7) is 1.94. The van der Waals surface area contributed by atoms with Crippen molar-refractivity contribution < 1.29 is 4.74 Å². The summed E-state index contributed by atoms with van der Waals surface area (Å²) in [4.78, 5) is 0. The van der Waals surface area contributed by atoms with Crippen molar-refractivity contribution in [3.63, 3.8) is 0 Å². The first-order chi connectivity index (χ1) is 4.88. The van der Waals surface area contributed by atoms with Crippen LogP contribution < -0.4 is 5.73 Å². The van der Waals surface area contributed by atoms with E-state index >= 15 is 0 Å². The second-order valence-electron chi connectivity index (χ2n) is 3.54. The Morgan fingerprint density at radius 3 is 2.70 bits per heavy atom. The Balaban J connectivity index is 1.81. The molecule has 1 saturated heterocycles. The van der Waals surface area contributed by atoms with E-state index in [1.807, 2.05) is 0 Å². The molecule has 0 aromatic carbocycles. The van der Waals surface area contributed by atoms with Crippen molar-refractivity contribution in [2.45, 2.75) is 25.3 Å². The zero-order valence-electron chi connectivity index (χ0n) is 6.25. The van der Waals surface area contributed by atoms with E-state index in [-0.39, 0.29) is 0 Å². The van der Waals surface area contributed by atoms with Crippen LogP contribution in [0.25, 0.3) is 0 Å². The van der Waals surface area contributed by atoms with Gasteiger partial charge in [-0.3, -0.25) is 0 Å². The van der Waals surface area contributed by atoms with Gasteiger partial charge in [-0.25, -0.2) is 0 Å².